The van der Waals surface area contributed by atoms with E-state index in [-0.39, 0.29) is 4.90 Å². The highest BCUT2D eigenvalue weighted by Crippen LogP contribution is 2.31. The molecule has 6 heteroatoms. The van der Waals surface area contributed by atoms with Crippen molar-refractivity contribution >= 4 is 21.4 Å². The topological polar surface area (TPSA) is 98.2 Å². The van der Waals surface area contributed by atoms with Crippen LogP contribution in [0.2, 0.25) is 0 Å². The number of anilines is 2. The summed E-state index contributed by atoms with van der Waals surface area (Å²) in [4.78, 5) is 0.0933. The van der Waals surface area contributed by atoms with Crippen LogP contribution in [0.4, 0.5) is 11.4 Å². The highest BCUT2D eigenvalue weighted by atomic mass is 32.2. The van der Waals surface area contributed by atoms with Crippen LogP contribution in [0.5, 0.6) is 0 Å². The normalized spacial score (nSPS) is 15.9. The molecule has 0 heterocycles. The molecule has 0 atom stereocenters. The molecule has 1 aromatic carbocycles. The molecule has 5 N–H and O–H groups in total. The molecule has 1 aliphatic carbocycles. The predicted octanol–water partition coefficient (Wildman–Crippen LogP) is 1.05. The molecule has 0 spiro atoms. The fourth-order valence-corrected chi connectivity index (χ4v) is 2.60. The first-order chi connectivity index (χ1) is 7.88. The Morgan fingerprint density at radius 1 is 1.41 bits per heavy atom. The third-order valence-electron chi connectivity index (χ3n) is 2.97. The molecule has 1 fully saturated rings. The van der Waals surface area contributed by atoms with Crippen LogP contribution in [0, 0.1) is 12.8 Å². The Morgan fingerprint density at radius 3 is 2.59 bits per heavy atom. The van der Waals surface area contributed by atoms with Gasteiger partial charge in [0.25, 0.3) is 0 Å². The van der Waals surface area contributed by atoms with Crippen molar-refractivity contribution in [2.45, 2.75) is 24.7 Å². The van der Waals surface area contributed by atoms with E-state index >= 15 is 0 Å². The van der Waals surface area contributed by atoms with E-state index in [4.69, 9.17) is 10.9 Å². The molecule has 0 aliphatic heterocycles. The summed E-state index contributed by atoms with van der Waals surface area (Å²) in [6.45, 7) is 2.59. The molecule has 17 heavy (non-hydrogen) atoms. The highest BCUT2D eigenvalue weighted by Gasteiger charge is 2.22. The third-order valence-corrected chi connectivity index (χ3v) is 4.00. The molecule has 0 saturated heterocycles. The first kappa shape index (κ1) is 12.2. The Kier molecular flexibility index (Phi) is 3.01. The van der Waals surface area contributed by atoms with E-state index in [9.17, 15) is 8.42 Å². The van der Waals surface area contributed by atoms with Crippen molar-refractivity contribution in [3.05, 3.63) is 17.7 Å². The van der Waals surface area contributed by atoms with Crippen molar-refractivity contribution < 1.29 is 8.42 Å². The number of nitrogens with one attached hydrogen (secondary N) is 1. The van der Waals surface area contributed by atoms with E-state index < -0.39 is 10.0 Å². The predicted molar refractivity (Wildman–Crippen MR) is 68.2 cm³/mol. The molecule has 1 aromatic rings. The maximum atomic E-state index is 11.4. The summed E-state index contributed by atoms with van der Waals surface area (Å²) >= 11 is 0. The second kappa shape index (κ2) is 4.19. The fourth-order valence-electron chi connectivity index (χ4n) is 1.76. The maximum absolute atomic E-state index is 11.4. The molecule has 1 aliphatic rings. The van der Waals surface area contributed by atoms with Gasteiger partial charge in [0.15, 0.2) is 0 Å². The van der Waals surface area contributed by atoms with Gasteiger partial charge in [0.05, 0.1) is 4.90 Å². The van der Waals surface area contributed by atoms with Gasteiger partial charge in [-0.15, -0.1) is 0 Å². The van der Waals surface area contributed by atoms with Crippen LogP contribution < -0.4 is 16.2 Å². The summed E-state index contributed by atoms with van der Waals surface area (Å²) in [5, 5.41) is 8.38. The number of nitrogen functional groups attached to an aromatic ring is 1. The van der Waals surface area contributed by atoms with Crippen LogP contribution in [0.1, 0.15) is 18.4 Å². The number of rotatable bonds is 4. The lowest BCUT2D eigenvalue weighted by Gasteiger charge is -2.13. The molecule has 0 aromatic heterocycles. The Labute approximate surface area is 101 Å². The maximum Gasteiger partial charge on any atom is 0.238 e. The van der Waals surface area contributed by atoms with Crippen LogP contribution in [0.15, 0.2) is 17.0 Å². The number of benzene rings is 1. The summed E-state index contributed by atoms with van der Waals surface area (Å²) in [6, 6.07) is 3.14. The van der Waals surface area contributed by atoms with Gasteiger partial charge >= 0.3 is 0 Å². The molecule has 94 valence electrons. The standard InChI is InChI=1S/C11H17N3O2S/c1-7-10(14-6-8-2-3-8)4-9(12)5-11(7)17(13,15)16/h4-5,8,14H,2-3,6,12H2,1H3,(H2,13,15,16). The summed E-state index contributed by atoms with van der Waals surface area (Å²) in [5.74, 6) is 0.703. The van der Waals surface area contributed by atoms with Crippen LogP contribution in [0.25, 0.3) is 0 Å². The largest absolute Gasteiger partial charge is 0.399 e. The minimum atomic E-state index is -3.72. The third kappa shape index (κ3) is 2.89. The van der Waals surface area contributed by atoms with Crippen molar-refractivity contribution in [3.63, 3.8) is 0 Å². The first-order valence-electron chi connectivity index (χ1n) is 5.54. The van der Waals surface area contributed by atoms with Gasteiger partial charge in [-0.05, 0) is 43.4 Å². The Bertz CT molecular complexity index is 536. The Hall–Kier alpha value is -1.27. The van der Waals surface area contributed by atoms with E-state index in [2.05, 4.69) is 5.32 Å². The average molecular weight is 255 g/mol. The van der Waals surface area contributed by atoms with Gasteiger partial charge < -0.3 is 11.1 Å². The molecular weight excluding hydrogens is 238 g/mol. The quantitative estimate of drug-likeness (QED) is 0.700. The number of primary sulfonamides is 1. The van der Waals surface area contributed by atoms with E-state index in [1.54, 1.807) is 13.0 Å². The van der Waals surface area contributed by atoms with Crippen molar-refractivity contribution in [3.8, 4) is 0 Å². The molecular formula is C11H17N3O2S. The van der Waals surface area contributed by atoms with Gasteiger partial charge in [0.1, 0.15) is 0 Å². The number of hydrogen-bond donors (Lipinski definition) is 3. The van der Waals surface area contributed by atoms with Crippen molar-refractivity contribution in [1.82, 2.24) is 0 Å². The average Bonchev–Trinajstić information content (AvgIpc) is 3.01. The monoisotopic (exact) mass is 255 g/mol. The second-order valence-corrected chi connectivity index (χ2v) is 6.09. The zero-order chi connectivity index (χ0) is 12.6. The summed E-state index contributed by atoms with van der Waals surface area (Å²) in [5.41, 5.74) is 7.47. The molecule has 0 amide bonds. The molecule has 2 rings (SSSR count). The van der Waals surface area contributed by atoms with Crippen LogP contribution in [-0.2, 0) is 10.0 Å². The number of nitrogens with two attached hydrogens (primary N) is 2. The van der Waals surface area contributed by atoms with E-state index in [1.165, 1.54) is 18.9 Å². The van der Waals surface area contributed by atoms with Gasteiger partial charge in [-0.1, -0.05) is 0 Å². The van der Waals surface area contributed by atoms with Gasteiger partial charge in [-0.3, -0.25) is 0 Å². The van der Waals surface area contributed by atoms with Gasteiger partial charge in [-0.2, -0.15) is 0 Å². The van der Waals surface area contributed by atoms with Crippen LogP contribution in [-0.4, -0.2) is 15.0 Å². The second-order valence-electron chi connectivity index (χ2n) is 4.56. The summed E-state index contributed by atoms with van der Waals surface area (Å²) in [7, 11) is -3.72. The van der Waals surface area contributed by atoms with Crippen molar-refractivity contribution in [2.24, 2.45) is 11.1 Å². The van der Waals surface area contributed by atoms with E-state index in [1.807, 2.05) is 0 Å². The Morgan fingerprint density at radius 2 is 2.06 bits per heavy atom. The lowest BCUT2D eigenvalue weighted by Crippen LogP contribution is -2.16. The van der Waals surface area contributed by atoms with Gasteiger partial charge in [0.2, 0.25) is 10.0 Å². The van der Waals surface area contributed by atoms with Gasteiger partial charge in [-0.25, -0.2) is 13.6 Å². The van der Waals surface area contributed by atoms with Crippen LogP contribution >= 0.6 is 0 Å². The smallest absolute Gasteiger partial charge is 0.238 e. The van der Waals surface area contributed by atoms with Crippen LogP contribution in [0.3, 0.4) is 0 Å². The SMILES string of the molecule is Cc1c(NCC2CC2)cc(N)cc1S(N)(=O)=O. The summed E-state index contributed by atoms with van der Waals surface area (Å²) < 4.78 is 22.8. The summed E-state index contributed by atoms with van der Waals surface area (Å²) in [6.07, 6.45) is 2.47. The fraction of sp³-hybridized carbons (Fsp3) is 0.455. The highest BCUT2D eigenvalue weighted by molar-refractivity contribution is 7.89. The van der Waals surface area contributed by atoms with Gasteiger partial charge in [0, 0.05) is 17.9 Å². The molecule has 1 saturated carbocycles. The van der Waals surface area contributed by atoms with E-state index in [0.29, 0.717) is 17.2 Å². The van der Waals surface area contributed by atoms with Crippen molar-refractivity contribution in [1.29, 1.82) is 0 Å². The Balaban J connectivity index is 2.34. The number of sulfonamides is 1. The molecule has 5 nitrogen and oxygen atoms in total. The lowest BCUT2D eigenvalue weighted by molar-refractivity contribution is 0.597. The van der Waals surface area contributed by atoms with E-state index in [0.717, 1.165) is 12.2 Å². The minimum absolute atomic E-state index is 0.0933. The lowest BCUT2D eigenvalue weighted by atomic mass is 10.1. The zero-order valence-corrected chi connectivity index (χ0v) is 10.5. The zero-order valence-electron chi connectivity index (χ0n) is 9.73. The first-order valence-corrected chi connectivity index (χ1v) is 7.09. The molecule has 0 bridgehead atoms. The van der Waals surface area contributed by atoms with Crippen molar-refractivity contribution in [2.75, 3.05) is 17.6 Å². The molecule has 0 unspecified atom stereocenters. The minimum Gasteiger partial charge on any atom is -0.399 e. The molecule has 0 radical (unpaired) electrons. The number of hydrogen-bond acceptors (Lipinski definition) is 4.